The molecule has 9 nitrogen and oxygen atoms in total. The second-order valence-corrected chi connectivity index (χ2v) is 16.0. The van der Waals surface area contributed by atoms with Crippen molar-refractivity contribution in [2.45, 2.75) is 63.1 Å². The number of para-hydroxylation sites is 1. The van der Waals surface area contributed by atoms with Crippen molar-refractivity contribution in [1.82, 2.24) is 24.3 Å². The highest BCUT2D eigenvalue weighted by Crippen LogP contribution is 2.49. The summed E-state index contributed by atoms with van der Waals surface area (Å²) < 4.78 is 1.78. The standard InChI is InChI=1S/C36H47ClN6O3S.H2/c1-36(2,3)15-18-42-33(45)30(47-34(42)27-11-8-12-28(37)32(27)41-21-19-39(4)20-22-41)23-31(44)40-16-13-26(14-17-40)43-24-29(38-35(43)46)25-9-6-5-7-10-25;/h5-12,24,26,30,34H,13-23H2,1-4H3,(H,38,46);1H. The lowest BCUT2D eigenvalue weighted by Crippen LogP contribution is -2.45. The van der Waals surface area contributed by atoms with Crippen LogP contribution < -0.4 is 10.6 Å². The zero-order valence-electron chi connectivity index (χ0n) is 28.0. The first-order chi connectivity index (χ1) is 22.5. The van der Waals surface area contributed by atoms with Crippen molar-refractivity contribution in [2.24, 2.45) is 5.41 Å². The second-order valence-electron chi connectivity index (χ2n) is 14.3. The molecule has 0 aliphatic carbocycles. The van der Waals surface area contributed by atoms with Crippen LogP contribution in [0, 0.1) is 5.41 Å². The minimum absolute atomic E-state index is 0. The molecule has 2 atom stereocenters. The van der Waals surface area contributed by atoms with E-state index in [1.807, 2.05) is 58.5 Å². The number of aromatic nitrogens is 2. The van der Waals surface area contributed by atoms with E-state index in [2.05, 4.69) is 48.7 Å². The summed E-state index contributed by atoms with van der Waals surface area (Å²) in [4.78, 5) is 52.1. The SMILES string of the molecule is CN1CCN(c2c(Cl)cccc2C2SC(CC(=O)N3CCC(n4cc(-c5ccccc5)[nH]c4=O)CC3)C(=O)N2CCC(C)(C)C)CC1.[HH]. The molecular formula is C36H49ClN6O3S. The molecule has 0 saturated carbocycles. The van der Waals surface area contributed by atoms with Crippen LogP contribution in [0.2, 0.25) is 5.02 Å². The number of piperazine rings is 1. The maximum atomic E-state index is 14.1. The zero-order chi connectivity index (χ0) is 33.3. The van der Waals surface area contributed by atoms with Crippen molar-refractivity contribution < 1.29 is 11.0 Å². The van der Waals surface area contributed by atoms with E-state index < -0.39 is 5.25 Å². The van der Waals surface area contributed by atoms with Crippen molar-refractivity contribution in [3.63, 3.8) is 0 Å². The van der Waals surface area contributed by atoms with Gasteiger partial charge < -0.3 is 24.6 Å². The molecule has 2 aromatic carbocycles. The van der Waals surface area contributed by atoms with Crippen LogP contribution in [-0.2, 0) is 9.59 Å². The number of likely N-dealkylation sites (N-methyl/N-ethyl adjacent to an activating group) is 1. The largest absolute Gasteiger partial charge is 0.367 e. The first-order valence-electron chi connectivity index (χ1n) is 16.8. The predicted octanol–water partition coefficient (Wildman–Crippen LogP) is 6.13. The summed E-state index contributed by atoms with van der Waals surface area (Å²) in [5, 5.41) is 0.0435. The fourth-order valence-corrected chi connectivity index (χ4v) is 8.67. The van der Waals surface area contributed by atoms with E-state index >= 15 is 0 Å². The number of piperidine rings is 1. The molecule has 0 spiro atoms. The normalized spacial score (nSPS) is 21.6. The highest BCUT2D eigenvalue weighted by Gasteiger charge is 2.44. The molecule has 3 aliphatic rings. The van der Waals surface area contributed by atoms with E-state index in [4.69, 9.17) is 11.6 Å². The molecule has 3 aliphatic heterocycles. The smallest absolute Gasteiger partial charge is 0.326 e. The molecule has 47 heavy (non-hydrogen) atoms. The number of imidazole rings is 1. The van der Waals surface area contributed by atoms with Crippen LogP contribution in [0.3, 0.4) is 0 Å². The Labute approximate surface area is 288 Å². The average Bonchev–Trinajstić information content (AvgIpc) is 3.59. The van der Waals surface area contributed by atoms with Gasteiger partial charge in [0.25, 0.3) is 0 Å². The Morgan fingerprint density at radius 3 is 2.36 bits per heavy atom. The van der Waals surface area contributed by atoms with Crippen LogP contribution in [0.25, 0.3) is 11.3 Å². The Hall–Kier alpha value is -3.21. The number of halogens is 1. The molecule has 11 heteroatoms. The Morgan fingerprint density at radius 1 is 0.979 bits per heavy atom. The van der Waals surface area contributed by atoms with Crippen LogP contribution in [0.15, 0.2) is 59.5 Å². The number of hydrogen-bond acceptors (Lipinski definition) is 6. The van der Waals surface area contributed by atoms with Crippen LogP contribution in [0.5, 0.6) is 0 Å². The van der Waals surface area contributed by atoms with Gasteiger partial charge >= 0.3 is 5.69 Å². The third-order valence-electron chi connectivity index (χ3n) is 9.74. The molecule has 1 N–H and O–H groups in total. The van der Waals surface area contributed by atoms with Gasteiger partial charge in [-0.15, -0.1) is 11.8 Å². The Balaban J connectivity index is 0.00000451. The van der Waals surface area contributed by atoms with Crippen LogP contribution in [-0.4, -0.2) is 94.2 Å². The van der Waals surface area contributed by atoms with Gasteiger partial charge in [-0.25, -0.2) is 4.79 Å². The Morgan fingerprint density at radius 2 is 1.68 bits per heavy atom. The number of carbonyl (C=O) groups excluding carboxylic acids is 2. The number of nitrogens with one attached hydrogen (secondary N) is 1. The topological polar surface area (TPSA) is 84.9 Å². The third kappa shape index (κ3) is 7.60. The third-order valence-corrected chi connectivity index (χ3v) is 11.5. The van der Waals surface area contributed by atoms with Crippen LogP contribution >= 0.6 is 23.4 Å². The van der Waals surface area contributed by atoms with Gasteiger partial charge in [-0.3, -0.25) is 14.2 Å². The van der Waals surface area contributed by atoms with Crippen LogP contribution in [0.4, 0.5) is 5.69 Å². The molecule has 6 rings (SSSR count). The number of likely N-dealkylation sites (tertiary alicyclic amines) is 1. The number of thioether (sulfide) groups is 1. The fourth-order valence-electron chi connectivity index (χ4n) is 6.87. The van der Waals surface area contributed by atoms with E-state index in [0.29, 0.717) is 37.5 Å². The summed E-state index contributed by atoms with van der Waals surface area (Å²) in [6.07, 6.45) is 4.32. The summed E-state index contributed by atoms with van der Waals surface area (Å²) >= 11 is 8.47. The van der Waals surface area contributed by atoms with Gasteiger partial charge in [0.2, 0.25) is 11.8 Å². The van der Waals surface area contributed by atoms with Crippen molar-refractivity contribution in [3.05, 3.63) is 75.8 Å². The lowest BCUT2D eigenvalue weighted by molar-refractivity contribution is -0.136. The van der Waals surface area contributed by atoms with E-state index in [0.717, 1.165) is 55.1 Å². The number of amides is 2. The Kier molecular flexibility index (Phi) is 10.1. The van der Waals surface area contributed by atoms with Gasteiger partial charge in [-0.1, -0.05) is 74.8 Å². The quantitative estimate of drug-likeness (QED) is 0.308. The van der Waals surface area contributed by atoms with E-state index in [9.17, 15) is 14.4 Å². The molecule has 254 valence electrons. The molecule has 2 amide bonds. The molecule has 0 radical (unpaired) electrons. The molecule has 4 heterocycles. The van der Waals surface area contributed by atoms with Gasteiger partial charge in [0, 0.05) is 71.5 Å². The summed E-state index contributed by atoms with van der Waals surface area (Å²) in [5.41, 5.74) is 3.77. The Bertz CT molecular complexity index is 1630. The highest BCUT2D eigenvalue weighted by molar-refractivity contribution is 8.01. The molecular weight excluding hydrogens is 632 g/mol. The first-order valence-corrected chi connectivity index (χ1v) is 18.1. The molecule has 3 aromatic rings. The number of aromatic amines is 1. The molecule has 3 saturated heterocycles. The first kappa shape index (κ1) is 33.7. The van der Waals surface area contributed by atoms with Crippen molar-refractivity contribution in [2.75, 3.05) is 57.8 Å². The second kappa shape index (κ2) is 14.1. The minimum Gasteiger partial charge on any atom is -0.367 e. The minimum atomic E-state index is -0.453. The van der Waals surface area contributed by atoms with E-state index in [1.54, 1.807) is 16.3 Å². The van der Waals surface area contributed by atoms with Crippen LogP contribution in [0.1, 0.15) is 64.9 Å². The number of nitrogens with zero attached hydrogens (tertiary/aromatic N) is 5. The zero-order valence-corrected chi connectivity index (χ0v) is 29.5. The maximum absolute atomic E-state index is 14.1. The molecule has 2 unspecified atom stereocenters. The lowest BCUT2D eigenvalue weighted by Gasteiger charge is -2.37. The number of H-pyrrole nitrogens is 1. The number of benzene rings is 2. The number of hydrogen-bond donors (Lipinski definition) is 1. The van der Waals surface area contributed by atoms with Gasteiger partial charge in [0.05, 0.1) is 21.7 Å². The summed E-state index contributed by atoms with van der Waals surface area (Å²) in [6, 6.07) is 15.9. The number of anilines is 1. The average molecular weight is 681 g/mol. The van der Waals surface area contributed by atoms with Gasteiger partial charge in [0.1, 0.15) is 5.37 Å². The van der Waals surface area contributed by atoms with Crippen molar-refractivity contribution in [1.29, 1.82) is 0 Å². The summed E-state index contributed by atoms with van der Waals surface area (Å²) in [6.45, 7) is 12.0. The molecule has 0 bridgehead atoms. The van der Waals surface area contributed by atoms with Gasteiger partial charge in [-0.2, -0.15) is 0 Å². The highest BCUT2D eigenvalue weighted by atomic mass is 35.5. The lowest BCUT2D eigenvalue weighted by atomic mass is 9.92. The fraction of sp³-hybridized carbons (Fsp3) is 0.528. The number of rotatable bonds is 8. The van der Waals surface area contributed by atoms with E-state index in [1.165, 1.54) is 0 Å². The van der Waals surface area contributed by atoms with Crippen molar-refractivity contribution >= 4 is 40.9 Å². The maximum Gasteiger partial charge on any atom is 0.326 e. The predicted molar refractivity (Wildman–Crippen MR) is 193 cm³/mol. The number of carbonyl (C=O) groups is 2. The molecule has 1 aromatic heterocycles. The summed E-state index contributed by atoms with van der Waals surface area (Å²) in [7, 11) is 2.14. The van der Waals surface area contributed by atoms with E-state index in [-0.39, 0.29) is 42.2 Å². The molecule has 3 fully saturated rings. The van der Waals surface area contributed by atoms with Crippen molar-refractivity contribution in [3.8, 4) is 11.3 Å². The van der Waals surface area contributed by atoms with Gasteiger partial charge in [-0.05, 0) is 43.4 Å². The van der Waals surface area contributed by atoms with Gasteiger partial charge in [0.15, 0.2) is 0 Å². The monoisotopic (exact) mass is 680 g/mol. The summed E-state index contributed by atoms with van der Waals surface area (Å²) in [5.74, 6) is 0.0339.